The molecule has 0 saturated carbocycles. The minimum Gasteiger partial charge on any atom is -0.346 e. The van der Waals surface area contributed by atoms with E-state index in [1.54, 1.807) is 24.7 Å². The molecule has 4 rings (SSSR count). The zero-order chi connectivity index (χ0) is 18.1. The van der Waals surface area contributed by atoms with Gasteiger partial charge in [0.1, 0.15) is 5.65 Å². The van der Waals surface area contributed by atoms with Gasteiger partial charge in [-0.05, 0) is 36.4 Å². The van der Waals surface area contributed by atoms with E-state index >= 15 is 0 Å². The van der Waals surface area contributed by atoms with Crippen LogP contribution in [0, 0.1) is 0 Å². The van der Waals surface area contributed by atoms with Crippen molar-refractivity contribution in [2.45, 2.75) is 6.18 Å². The smallest absolute Gasteiger partial charge is 0.346 e. The summed E-state index contributed by atoms with van der Waals surface area (Å²) in [6.07, 6.45) is 0.592. The van der Waals surface area contributed by atoms with Gasteiger partial charge in [-0.3, -0.25) is 0 Å². The van der Waals surface area contributed by atoms with Crippen LogP contribution < -0.4 is 5.32 Å². The Balaban J connectivity index is 1.68. The Labute approximate surface area is 146 Å². The molecule has 0 aliphatic heterocycles. The third-order valence-electron chi connectivity index (χ3n) is 3.84. The maximum atomic E-state index is 12.8. The predicted molar refractivity (Wildman–Crippen MR) is 91.8 cm³/mol. The van der Waals surface area contributed by atoms with Crippen LogP contribution in [0.2, 0.25) is 0 Å². The number of nitrogens with zero attached hydrogens (tertiary/aromatic N) is 3. The number of H-pyrrole nitrogens is 1. The van der Waals surface area contributed by atoms with E-state index in [1.165, 1.54) is 12.1 Å². The first-order chi connectivity index (χ1) is 12.5. The zero-order valence-electron chi connectivity index (χ0n) is 13.2. The zero-order valence-corrected chi connectivity index (χ0v) is 13.2. The molecule has 26 heavy (non-hydrogen) atoms. The molecule has 1 aromatic carbocycles. The van der Waals surface area contributed by atoms with E-state index in [0.29, 0.717) is 5.69 Å². The molecule has 0 amide bonds. The standard InChI is InChI=1S/C18H12F3N5/c19-18(20,21)11-2-1-3-12(10-11)25-17-24-9-6-15(26-17)13-4-7-22-16-14(13)5-8-23-16/h1-10H,(H,22,23)(H,24,25,26). The molecule has 0 spiro atoms. The normalized spacial score (nSPS) is 11.7. The van der Waals surface area contributed by atoms with Crippen molar-refractivity contribution in [3.05, 3.63) is 66.6 Å². The average Bonchev–Trinajstić information content (AvgIpc) is 3.10. The van der Waals surface area contributed by atoms with Crippen molar-refractivity contribution >= 4 is 22.7 Å². The van der Waals surface area contributed by atoms with Gasteiger partial charge < -0.3 is 10.3 Å². The molecule has 8 heteroatoms. The van der Waals surface area contributed by atoms with Gasteiger partial charge in [-0.1, -0.05) is 6.07 Å². The number of rotatable bonds is 3. The number of nitrogens with one attached hydrogen (secondary N) is 2. The highest BCUT2D eigenvalue weighted by atomic mass is 19.4. The topological polar surface area (TPSA) is 66.5 Å². The number of anilines is 2. The third-order valence-corrected chi connectivity index (χ3v) is 3.84. The molecule has 0 saturated heterocycles. The van der Waals surface area contributed by atoms with Gasteiger partial charge in [-0.2, -0.15) is 13.2 Å². The van der Waals surface area contributed by atoms with Crippen molar-refractivity contribution in [1.82, 2.24) is 19.9 Å². The lowest BCUT2D eigenvalue weighted by molar-refractivity contribution is -0.137. The third kappa shape index (κ3) is 3.08. The lowest BCUT2D eigenvalue weighted by Crippen LogP contribution is -2.05. The second kappa shape index (κ2) is 6.14. The van der Waals surface area contributed by atoms with E-state index in [9.17, 15) is 13.2 Å². The van der Waals surface area contributed by atoms with Crippen LogP contribution in [0.3, 0.4) is 0 Å². The summed E-state index contributed by atoms with van der Waals surface area (Å²) in [6, 6.07) is 10.4. The average molecular weight is 355 g/mol. The maximum Gasteiger partial charge on any atom is 0.416 e. The van der Waals surface area contributed by atoms with E-state index in [1.807, 2.05) is 12.1 Å². The summed E-state index contributed by atoms with van der Waals surface area (Å²) in [5.41, 5.74) is 1.75. The van der Waals surface area contributed by atoms with E-state index in [-0.39, 0.29) is 11.6 Å². The van der Waals surface area contributed by atoms with Crippen molar-refractivity contribution < 1.29 is 13.2 Å². The minimum absolute atomic E-state index is 0.210. The second-order valence-electron chi connectivity index (χ2n) is 5.57. The fourth-order valence-electron chi connectivity index (χ4n) is 2.66. The van der Waals surface area contributed by atoms with Crippen LogP contribution in [0.5, 0.6) is 0 Å². The number of hydrogen-bond acceptors (Lipinski definition) is 4. The van der Waals surface area contributed by atoms with Crippen molar-refractivity contribution in [3.8, 4) is 11.3 Å². The van der Waals surface area contributed by atoms with E-state index < -0.39 is 11.7 Å². The first-order valence-electron chi connectivity index (χ1n) is 7.70. The van der Waals surface area contributed by atoms with Crippen molar-refractivity contribution in [3.63, 3.8) is 0 Å². The Morgan fingerprint density at radius 2 is 1.81 bits per heavy atom. The molecule has 3 aromatic heterocycles. The molecule has 3 heterocycles. The van der Waals surface area contributed by atoms with Gasteiger partial charge in [-0.25, -0.2) is 15.0 Å². The van der Waals surface area contributed by atoms with Crippen LogP contribution >= 0.6 is 0 Å². The monoisotopic (exact) mass is 355 g/mol. The summed E-state index contributed by atoms with van der Waals surface area (Å²) in [5, 5.41) is 3.72. The summed E-state index contributed by atoms with van der Waals surface area (Å²) in [4.78, 5) is 15.8. The van der Waals surface area contributed by atoms with Crippen LogP contribution in [0.25, 0.3) is 22.3 Å². The highest BCUT2D eigenvalue weighted by Gasteiger charge is 2.30. The van der Waals surface area contributed by atoms with Crippen LogP contribution in [0.15, 0.2) is 61.1 Å². The highest BCUT2D eigenvalue weighted by Crippen LogP contribution is 2.31. The number of halogens is 3. The molecular weight excluding hydrogens is 343 g/mol. The molecular formula is C18H12F3N5. The minimum atomic E-state index is -4.41. The first-order valence-corrected chi connectivity index (χ1v) is 7.70. The van der Waals surface area contributed by atoms with Crippen molar-refractivity contribution in [2.75, 3.05) is 5.32 Å². The first kappa shape index (κ1) is 16.1. The number of alkyl halides is 3. The van der Waals surface area contributed by atoms with Crippen LogP contribution in [0.4, 0.5) is 24.8 Å². The Hall–Kier alpha value is -3.42. The van der Waals surface area contributed by atoms with E-state index in [2.05, 4.69) is 25.3 Å². The fraction of sp³-hybridized carbons (Fsp3) is 0.0556. The van der Waals surface area contributed by atoms with Gasteiger partial charge >= 0.3 is 6.18 Å². The number of fused-ring (bicyclic) bond motifs is 1. The summed E-state index contributed by atoms with van der Waals surface area (Å²) in [6.45, 7) is 0. The van der Waals surface area contributed by atoms with Crippen LogP contribution in [-0.2, 0) is 6.18 Å². The highest BCUT2D eigenvalue weighted by molar-refractivity contribution is 5.91. The van der Waals surface area contributed by atoms with Crippen LogP contribution in [-0.4, -0.2) is 19.9 Å². The molecule has 130 valence electrons. The Bertz CT molecular complexity index is 1070. The van der Waals surface area contributed by atoms with Crippen molar-refractivity contribution in [1.29, 1.82) is 0 Å². The number of pyridine rings is 1. The second-order valence-corrected chi connectivity index (χ2v) is 5.57. The number of hydrogen-bond donors (Lipinski definition) is 2. The van der Waals surface area contributed by atoms with Crippen LogP contribution in [0.1, 0.15) is 5.56 Å². The summed E-state index contributed by atoms with van der Waals surface area (Å²) < 4.78 is 38.5. The lowest BCUT2D eigenvalue weighted by Gasteiger charge is -2.10. The molecule has 0 bridgehead atoms. The summed E-state index contributed by atoms with van der Waals surface area (Å²) in [7, 11) is 0. The van der Waals surface area contributed by atoms with Gasteiger partial charge in [0.15, 0.2) is 0 Å². The molecule has 0 atom stereocenters. The molecule has 0 fully saturated rings. The quantitative estimate of drug-likeness (QED) is 0.555. The van der Waals surface area contributed by atoms with Gasteiger partial charge in [0.05, 0.1) is 11.3 Å². The number of aromatic amines is 1. The lowest BCUT2D eigenvalue weighted by atomic mass is 10.1. The molecule has 0 unspecified atom stereocenters. The largest absolute Gasteiger partial charge is 0.416 e. The summed E-state index contributed by atoms with van der Waals surface area (Å²) in [5.74, 6) is 0.210. The Kier molecular flexibility index (Phi) is 3.80. The molecule has 2 N–H and O–H groups in total. The number of benzene rings is 1. The summed E-state index contributed by atoms with van der Waals surface area (Å²) >= 11 is 0. The molecule has 0 radical (unpaired) electrons. The van der Waals surface area contributed by atoms with Gasteiger partial charge in [0, 0.05) is 35.2 Å². The maximum absolute atomic E-state index is 12.8. The fourth-order valence-corrected chi connectivity index (χ4v) is 2.66. The molecule has 5 nitrogen and oxygen atoms in total. The molecule has 0 aliphatic carbocycles. The van der Waals surface area contributed by atoms with E-state index in [4.69, 9.17) is 0 Å². The van der Waals surface area contributed by atoms with Gasteiger partial charge in [0.25, 0.3) is 0 Å². The van der Waals surface area contributed by atoms with Gasteiger partial charge in [-0.15, -0.1) is 0 Å². The molecule has 0 aliphatic rings. The predicted octanol–water partition coefficient (Wildman–Crippen LogP) is 4.78. The Morgan fingerprint density at radius 1 is 0.962 bits per heavy atom. The number of aromatic nitrogens is 4. The van der Waals surface area contributed by atoms with Crippen molar-refractivity contribution in [2.24, 2.45) is 0 Å². The molecule has 4 aromatic rings. The Morgan fingerprint density at radius 3 is 2.65 bits per heavy atom. The van der Waals surface area contributed by atoms with Gasteiger partial charge in [0.2, 0.25) is 5.95 Å². The van der Waals surface area contributed by atoms with E-state index in [0.717, 1.165) is 28.7 Å². The SMILES string of the molecule is FC(F)(F)c1cccc(Nc2nccc(-c3ccnc4[nH]ccc34)n2)c1.